The summed E-state index contributed by atoms with van der Waals surface area (Å²) in [6.45, 7) is 4.00. The van der Waals surface area contributed by atoms with Crippen molar-refractivity contribution in [2.45, 2.75) is 13.0 Å². The smallest absolute Gasteiger partial charge is 0.255 e. The second-order valence-electron chi connectivity index (χ2n) is 6.59. The monoisotopic (exact) mass is 441 g/mol. The molecule has 0 aliphatic carbocycles. The number of amides is 1. The van der Waals surface area contributed by atoms with E-state index >= 15 is 0 Å². The fourth-order valence-corrected chi connectivity index (χ4v) is 3.73. The highest BCUT2D eigenvalue weighted by molar-refractivity contribution is 6.30. The highest BCUT2D eigenvalue weighted by atomic mass is 35.5. The number of aromatic nitrogens is 3. The minimum Gasteiger partial charge on any atom is -0.329 e. The SMILES string of the molecule is Cc1cc(C(=O)N2CCNCC2c2cccc(Cl)c2)c2cnn(C)c2n1.Cl.Cl. The van der Waals surface area contributed by atoms with Gasteiger partial charge < -0.3 is 10.2 Å². The van der Waals surface area contributed by atoms with E-state index in [4.69, 9.17) is 11.6 Å². The Bertz CT molecular complexity index is 991. The normalized spacial score (nSPS) is 16.4. The minimum absolute atomic E-state index is 0. The molecule has 1 aliphatic rings. The van der Waals surface area contributed by atoms with Crippen LogP contribution in [0.3, 0.4) is 0 Å². The summed E-state index contributed by atoms with van der Waals surface area (Å²) in [5, 5.41) is 9.10. The molecule has 1 amide bonds. The summed E-state index contributed by atoms with van der Waals surface area (Å²) in [5.41, 5.74) is 3.21. The first-order valence-corrected chi connectivity index (χ1v) is 8.99. The van der Waals surface area contributed by atoms with Crippen molar-refractivity contribution in [3.05, 3.63) is 58.4 Å². The van der Waals surface area contributed by atoms with Crippen molar-refractivity contribution in [1.82, 2.24) is 25.0 Å². The Kier molecular flexibility index (Phi) is 7.28. The molecule has 3 heterocycles. The summed E-state index contributed by atoms with van der Waals surface area (Å²) >= 11 is 6.17. The Morgan fingerprint density at radius 2 is 2.07 bits per heavy atom. The van der Waals surface area contributed by atoms with Gasteiger partial charge in [-0.05, 0) is 30.7 Å². The van der Waals surface area contributed by atoms with E-state index in [9.17, 15) is 4.79 Å². The molecule has 1 unspecified atom stereocenters. The van der Waals surface area contributed by atoms with Crippen LogP contribution in [0.2, 0.25) is 5.02 Å². The molecule has 1 atom stereocenters. The van der Waals surface area contributed by atoms with Crippen molar-refractivity contribution in [1.29, 1.82) is 0 Å². The summed E-state index contributed by atoms with van der Waals surface area (Å²) in [5.74, 6) is -0.0000227. The maximum Gasteiger partial charge on any atom is 0.255 e. The Labute approximate surface area is 181 Å². The molecule has 1 aliphatic heterocycles. The van der Waals surface area contributed by atoms with E-state index in [1.54, 1.807) is 10.9 Å². The maximum absolute atomic E-state index is 13.4. The van der Waals surface area contributed by atoms with Gasteiger partial charge in [0.05, 0.1) is 23.2 Å². The zero-order chi connectivity index (χ0) is 18.3. The van der Waals surface area contributed by atoms with Gasteiger partial charge in [0.2, 0.25) is 0 Å². The molecule has 28 heavy (non-hydrogen) atoms. The number of carbonyl (C=O) groups is 1. The third kappa shape index (κ3) is 4.10. The topological polar surface area (TPSA) is 63.1 Å². The molecular weight excluding hydrogens is 421 g/mol. The third-order valence-electron chi connectivity index (χ3n) is 4.80. The van der Waals surface area contributed by atoms with Gasteiger partial charge in [-0.3, -0.25) is 9.48 Å². The molecule has 0 radical (unpaired) electrons. The first-order valence-electron chi connectivity index (χ1n) is 8.61. The van der Waals surface area contributed by atoms with Crippen molar-refractivity contribution in [2.75, 3.05) is 19.6 Å². The molecule has 1 fully saturated rings. The van der Waals surface area contributed by atoms with Crippen LogP contribution in [0, 0.1) is 6.92 Å². The van der Waals surface area contributed by atoms with Crippen LogP contribution in [-0.2, 0) is 7.05 Å². The van der Waals surface area contributed by atoms with E-state index in [0.717, 1.165) is 28.8 Å². The van der Waals surface area contributed by atoms with Crippen LogP contribution in [0.15, 0.2) is 36.5 Å². The number of benzene rings is 1. The second-order valence-corrected chi connectivity index (χ2v) is 7.03. The van der Waals surface area contributed by atoms with Gasteiger partial charge in [0.15, 0.2) is 5.65 Å². The van der Waals surface area contributed by atoms with E-state index in [2.05, 4.69) is 15.4 Å². The van der Waals surface area contributed by atoms with E-state index < -0.39 is 0 Å². The van der Waals surface area contributed by atoms with Crippen molar-refractivity contribution in [3.8, 4) is 0 Å². The highest BCUT2D eigenvalue weighted by Gasteiger charge is 2.30. The summed E-state index contributed by atoms with van der Waals surface area (Å²) in [6.07, 6.45) is 1.71. The van der Waals surface area contributed by atoms with E-state index in [1.165, 1.54) is 0 Å². The molecule has 9 heteroatoms. The number of hydrogen-bond donors (Lipinski definition) is 1. The molecule has 150 valence electrons. The largest absolute Gasteiger partial charge is 0.329 e. The van der Waals surface area contributed by atoms with Gasteiger partial charge in [-0.2, -0.15) is 5.10 Å². The average molecular weight is 443 g/mol. The number of hydrogen-bond acceptors (Lipinski definition) is 4. The second kappa shape index (κ2) is 9.09. The molecule has 0 bridgehead atoms. The molecule has 3 aromatic rings. The number of halogens is 3. The average Bonchev–Trinajstić information content (AvgIpc) is 3.01. The van der Waals surface area contributed by atoms with Crippen LogP contribution in [0.5, 0.6) is 0 Å². The molecule has 1 saturated heterocycles. The van der Waals surface area contributed by atoms with Crippen LogP contribution in [0.1, 0.15) is 27.7 Å². The number of carbonyl (C=O) groups excluding carboxylic acids is 1. The number of pyridine rings is 1. The third-order valence-corrected chi connectivity index (χ3v) is 5.04. The lowest BCUT2D eigenvalue weighted by Gasteiger charge is -2.36. The zero-order valence-corrected chi connectivity index (χ0v) is 17.9. The number of rotatable bonds is 2. The molecule has 1 aromatic carbocycles. The molecular formula is C19H22Cl3N5O. The number of nitrogens with zero attached hydrogens (tertiary/aromatic N) is 4. The predicted octanol–water partition coefficient (Wildman–Crippen LogP) is 3.56. The standard InChI is InChI=1S/C19H20ClN5O.2ClH/c1-12-8-15(16-10-22-24(2)18(16)23-12)19(26)25-7-6-21-11-17(25)13-4-3-5-14(20)9-13;;/h3-5,8-10,17,21H,6-7,11H2,1-2H3;2*1H. The lowest BCUT2D eigenvalue weighted by atomic mass is 10.0. The van der Waals surface area contributed by atoms with E-state index in [0.29, 0.717) is 23.7 Å². The number of aryl methyl sites for hydroxylation is 2. The van der Waals surface area contributed by atoms with Gasteiger partial charge in [-0.1, -0.05) is 23.7 Å². The number of piperazine rings is 1. The molecule has 0 saturated carbocycles. The van der Waals surface area contributed by atoms with Crippen LogP contribution in [-0.4, -0.2) is 45.2 Å². The molecule has 0 spiro atoms. The van der Waals surface area contributed by atoms with Crippen molar-refractivity contribution in [3.63, 3.8) is 0 Å². The molecule has 2 aromatic heterocycles. The Morgan fingerprint density at radius 1 is 1.29 bits per heavy atom. The van der Waals surface area contributed by atoms with Crippen LogP contribution in [0.25, 0.3) is 11.0 Å². The Morgan fingerprint density at radius 3 is 2.82 bits per heavy atom. The van der Waals surface area contributed by atoms with E-state index in [1.807, 2.05) is 49.2 Å². The lowest BCUT2D eigenvalue weighted by molar-refractivity contribution is 0.0636. The fourth-order valence-electron chi connectivity index (χ4n) is 3.53. The summed E-state index contributed by atoms with van der Waals surface area (Å²) in [6, 6.07) is 9.50. The molecule has 4 rings (SSSR count). The highest BCUT2D eigenvalue weighted by Crippen LogP contribution is 2.28. The molecule has 6 nitrogen and oxygen atoms in total. The maximum atomic E-state index is 13.4. The number of nitrogens with one attached hydrogen (secondary N) is 1. The minimum atomic E-state index is -0.0601. The van der Waals surface area contributed by atoms with Gasteiger partial charge in [-0.25, -0.2) is 4.98 Å². The first-order chi connectivity index (χ1) is 12.5. The summed E-state index contributed by atoms with van der Waals surface area (Å²) in [4.78, 5) is 19.9. The summed E-state index contributed by atoms with van der Waals surface area (Å²) < 4.78 is 1.70. The van der Waals surface area contributed by atoms with Crippen LogP contribution in [0.4, 0.5) is 0 Å². The van der Waals surface area contributed by atoms with Gasteiger partial charge >= 0.3 is 0 Å². The van der Waals surface area contributed by atoms with E-state index in [-0.39, 0.29) is 36.8 Å². The van der Waals surface area contributed by atoms with Gasteiger partial charge in [0.1, 0.15) is 0 Å². The van der Waals surface area contributed by atoms with Crippen molar-refractivity contribution in [2.24, 2.45) is 7.05 Å². The van der Waals surface area contributed by atoms with Gasteiger partial charge in [-0.15, -0.1) is 24.8 Å². The summed E-state index contributed by atoms with van der Waals surface area (Å²) in [7, 11) is 1.84. The zero-order valence-electron chi connectivity index (χ0n) is 15.6. The van der Waals surface area contributed by atoms with Crippen LogP contribution >= 0.6 is 36.4 Å². The lowest BCUT2D eigenvalue weighted by Crippen LogP contribution is -2.48. The van der Waals surface area contributed by atoms with Gasteiger partial charge in [0.25, 0.3) is 5.91 Å². The van der Waals surface area contributed by atoms with Crippen molar-refractivity contribution >= 4 is 53.4 Å². The Balaban J connectivity index is 0.00000140. The Hall–Kier alpha value is -1.86. The first kappa shape index (κ1) is 22.4. The predicted molar refractivity (Wildman–Crippen MR) is 116 cm³/mol. The van der Waals surface area contributed by atoms with Crippen LogP contribution < -0.4 is 5.32 Å². The quantitative estimate of drug-likeness (QED) is 0.659. The van der Waals surface area contributed by atoms with Gasteiger partial charge in [0, 0.05) is 37.4 Å². The molecule has 1 N–H and O–H groups in total. The number of fused-ring (bicyclic) bond motifs is 1. The van der Waals surface area contributed by atoms with Crippen molar-refractivity contribution < 1.29 is 4.79 Å². The fraction of sp³-hybridized carbons (Fsp3) is 0.316.